The number of amides is 4. The van der Waals surface area contributed by atoms with E-state index in [0.29, 0.717) is 5.56 Å². The Hall–Kier alpha value is -4.28. The van der Waals surface area contributed by atoms with Crippen molar-refractivity contribution in [2.75, 3.05) is 0 Å². The van der Waals surface area contributed by atoms with Crippen LogP contribution >= 0.6 is 0 Å². The van der Waals surface area contributed by atoms with E-state index in [1.165, 1.54) is 6.92 Å². The maximum absolute atomic E-state index is 13.6. The first-order valence-corrected chi connectivity index (χ1v) is 13.6. The van der Waals surface area contributed by atoms with E-state index in [2.05, 4.69) is 16.0 Å². The van der Waals surface area contributed by atoms with Gasteiger partial charge in [0.05, 0.1) is 0 Å². The summed E-state index contributed by atoms with van der Waals surface area (Å²) < 4.78 is 1.84. The van der Waals surface area contributed by atoms with E-state index in [1.54, 1.807) is 24.3 Å². The fourth-order valence-corrected chi connectivity index (χ4v) is 5.12. The molecule has 0 bridgehead atoms. The number of carbonyl (C=O) groups excluding carboxylic acids is 4. The lowest BCUT2D eigenvalue weighted by molar-refractivity contribution is -0.671. The van der Waals surface area contributed by atoms with Crippen LogP contribution in [0.4, 0.5) is 0 Å². The molecule has 0 spiro atoms. The van der Waals surface area contributed by atoms with E-state index in [-0.39, 0.29) is 30.5 Å². The summed E-state index contributed by atoms with van der Waals surface area (Å²) in [5, 5.41) is 15.9. The normalized spacial score (nSPS) is 15.8. The molecule has 0 radical (unpaired) electrons. The third kappa shape index (κ3) is 8.89. The molecule has 11 nitrogen and oxygen atoms in total. The van der Waals surface area contributed by atoms with Gasteiger partial charge in [-0.2, -0.15) is 0 Å². The highest BCUT2D eigenvalue weighted by Crippen LogP contribution is 2.27. The standard InChI is InChI=1S/C29H39N7O4/c1-18(37)33-24(15-19-10-12-22(13-11-19)26(30)31)28(39)35-25(21-8-4-3-5-9-21)29(40)34-23(27(32)38)16-20-7-6-14-36(2)17-20/h6-7,10-14,17,21,23-25H,3-5,8-9,15-16H2,1-2H3,(H7-,30,31,32,33,34,35,37,38,39,40)/p+1/t23-,24-,25-/m0/s1. The number of nitrogen functional groups attached to an aromatic ring is 1. The first kappa shape index (κ1) is 30.3. The molecule has 3 atom stereocenters. The molecule has 1 aliphatic carbocycles. The second-order valence-corrected chi connectivity index (χ2v) is 10.5. The van der Waals surface area contributed by atoms with Crippen LogP contribution in [0.2, 0.25) is 0 Å². The first-order valence-electron chi connectivity index (χ1n) is 13.6. The summed E-state index contributed by atoms with van der Waals surface area (Å²) in [4.78, 5) is 51.4. The minimum atomic E-state index is -0.955. The average molecular weight is 551 g/mol. The highest BCUT2D eigenvalue weighted by molar-refractivity contribution is 5.95. The quantitative estimate of drug-likeness (QED) is 0.124. The predicted octanol–water partition coefficient (Wildman–Crippen LogP) is 0.120. The zero-order chi connectivity index (χ0) is 29.2. The van der Waals surface area contributed by atoms with Crippen molar-refractivity contribution in [1.82, 2.24) is 16.0 Å². The summed E-state index contributed by atoms with van der Waals surface area (Å²) in [5.74, 6) is -2.21. The molecule has 40 heavy (non-hydrogen) atoms. The molecular formula is C29H40N7O4+. The molecule has 1 fully saturated rings. The van der Waals surface area contributed by atoms with Crippen molar-refractivity contribution in [1.29, 1.82) is 5.41 Å². The van der Waals surface area contributed by atoms with Crippen LogP contribution in [0.25, 0.3) is 0 Å². The van der Waals surface area contributed by atoms with Crippen LogP contribution in [0.1, 0.15) is 55.7 Å². The van der Waals surface area contributed by atoms with Crippen LogP contribution in [-0.4, -0.2) is 47.6 Å². The lowest BCUT2D eigenvalue weighted by Gasteiger charge is -2.32. The van der Waals surface area contributed by atoms with E-state index >= 15 is 0 Å². The van der Waals surface area contributed by atoms with Crippen molar-refractivity contribution in [3.8, 4) is 0 Å². The Morgan fingerprint density at radius 1 is 0.900 bits per heavy atom. The minimum Gasteiger partial charge on any atom is -0.384 e. The van der Waals surface area contributed by atoms with Crippen LogP contribution in [0.5, 0.6) is 0 Å². The number of nitrogens with one attached hydrogen (secondary N) is 4. The molecule has 1 saturated carbocycles. The largest absolute Gasteiger partial charge is 0.384 e. The van der Waals surface area contributed by atoms with Crippen molar-refractivity contribution < 1.29 is 23.7 Å². The summed E-state index contributed by atoms with van der Waals surface area (Å²) in [7, 11) is 1.86. The van der Waals surface area contributed by atoms with E-state index in [4.69, 9.17) is 16.9 Å². The Morgan fingerprint density at radius 3 is 2.12 bits per heavy atom. The summed E-state index contributed by atoms with van der Waals surface area (Å²) in [6, 6.07) is 7.75. The molecule has 0 aliphatic heterocycles. The van der Waals surface area contributed by atoms with Crippen molar-refractivity contribution in [3.05, 3.63) is 65.5 Å². The van der Waals surface area contributed by atoms with Gasteiger partial charge in [0.25, 0.3) is 0 Å². The molecular weight excluding hydrogens is 510 g/mol. The maximum atomic E-state index is 13.6. The highest BCUT2D eigenvalue weighted by Gasteiger charge is 2.35. The summed E-state index contributed by atoms with van der Waals surface area (Å²) >= 11 is 0. The number of aromatic nitrogens is 1. The molecule has 1 aliphatic rings. The van der Waals surface area contributed by atoms with Gasteiger partial charge in [-0.25, -0.2) is 4.57 Å². The van der Waals surface area contributed by atoms with Crippen LogP contribution in [-0.2, 0) is 39.1 Å². The maximum Gasteiger partial charge on any atom is 0.243 e. The second kappa shape index (κ2) is 14.2. The Balaban J connectivity index is 1.79. The van der Waals surface area contributed by atoms with E-state index in [0.717, 1.165) is 43.2 Å². The molecule has 8 N–H and O–H groups in total. The van der Waals surface area contributed by atoms with Crippen molar-refractivity contribution in [2.45, 2.75) is 70.0 Å². The minimum absolute atomic E-state index is 0.0699. The van der Waals surface area contributed by atoms with Gasteiger partial charge >= 0.3 is 0 Å². The fraction of sp³-hybridized carbons (Fsp3) is 0.448. The number of amidine groups is 1. The zero-order valence-electron chi connectivity index (χ0n) is 23.1. The Labute approximate surface area is 234 Å². The van der Waals surface area contributed by atoms with E-state index < -0.39 is 35.8 Å². The van der Waals surface area contributed by atoms with Gasteiger partial charge in [-0.05, 0) is 30.4 Å². The molecule has 4 amide bonds. The number of nitrogens with two attached hydrogens (primary N) is 2. The third-order valence-electron chi connectivity index (χ3n) is 7.20. The van der Waals surface area contributed by atoms with Crippen LogP contribution in [0.3, 0.4) is 0 Å². The molecule has 214 valence electrons. The van der Waals surface area contributed by atoms with Gasteiger partial charge < -0.3 is 27.4 Å². The SMILES string of the molecule is CC(=O)N[C@@H](Cc1ccc(C(=N)N)cc1)C(=O)N[C@H](C(=O)N[C@@H](Cc1ccc[n+](C)c1)C(N)=O)C1CCCCC1. The van der Waals surface area contributed by atoms with E-state index in [9.17, 15) is 19.2 Å². The number of carbonyl (C=O) groups is 4. The van der Waals surface area contributed by atoms with Crippen molar-refractivity contribution in [2.24, 2.45) is 24.4 Å². The molecule has 3 rings (SSSR count). The highest BCUT2D eigenvalue weighted by atomic mass is 16.2. The van der Waals surface area contributed by atoms with Crippen molar-refractivity contribution in [3.63, 3.8) is 0 Å². The van der Waals surface area contributed by atoms with Gasteiger partial charge in [-0.15, -0.1) is 0 Å². The van der Waals surface area contributed by atoms with Gasteiger partial charge in [0.2, 0.25) is 23.6 Å². The molecule has 1 aromatic heterocycles. The molecule has 0 unspecified atom stereocenters. The lowest BCUT2D eigenvalue weighted by Crippen LogP contribution is -2.59. The second-order valence-electron chi connectivity index (χ2n) is 10.5. The van der Waals surface area contributed by atoms with E-state index in [1.807, 2.05) is 36.1 Å². The number of hydrogen-bond acceptors (Lipinski definition) is 5. The summed E-state index contributed by atoms with van der Waals surface area (Å²) in [6.45, 7) is 1.32. The number of benzene rings is 1. The number of primary amides is 1. The lowest BCUT2D eigenvalue weighted by atomic mass is 9.83. The number of rotatable bonds is 12. The van der Waals surface area contributed by atoms with Crippen LogP contribution in [0, 0.1) is 11.3 Å². The number of aryl methyl sites for hydroxylation is 1. The molecule has 0 saturated heterocycles. The number of pyridine rings is 1. The Kier molecular flexibility index (Phi) is 10.7. The van der Waals surface area contributed by atoms with Gasteiger partial charge in [-0.3, -0.25) is 24.6 Å². The fourth-order valence-electron chi connectivity index (χ4n) is 5.12. The van der Waals surface area contributed by atoms with Gasteiger partial charge in [0.1, 0.15) is 31.0 Å². The summed E-state index contributed by atoms with van der Waals surface area (Å²) in [6.07, 6.45) is 8.53. The van der Waals surface area contributed by atoms with Crippen LogP contribution < -0.4 is 32.0 Å². The number of nitrogens with zero attached hydrogens (tertiary/aromatic N) is 1. The molecule has 11 heteroatoms. The van der Waals surface area contributed by atoms with Crippen molar-refractivity contribution >= 4 is 29.5 Å². The van der Waals surface area contributed by atoms with Gasteiger partial charge in [-0.1, -0.05) is 43.5 Å². The third-order valence-corrected chi connectivity index (χ3v) is 7.20. The van der Waals surface area contributed by atoms with Crippen LogP contribution in [0.15, 0.2) is 48.8 Å². The average Bonchev–Trinajstić information content (AvgIpc) is 2.91. The molecule has 1 aromatic carbocycles. The predicted molar refractivity (Wildman–Crippen MR) is 150 cm³/mol. The van der Waals surface area contributed by atoms with Gasteiger partial charge in [0.15, 0.2) is 12.4 Å². The topological polar surface area (TPSA) is 184 Å². The Bertz CT molecular complexity index is 1230. The molecule has 2 aromatic rings. The Morgan fingerprint density at radius 2 is 1.55 bits per heavy atom. The zero-order valence-corrected chi connectivity index (χ0v) is 23.1. The number of hydrogen-bond donors (Lipinski definition) is 6. The smallest absolute Gasteiger partial charge is 0.243 e. The summed E-state index contributed by atoms with van der Waals surface area (Å²) in [5.41, 5.74) is 13.3. The first-order chi connectivity index (χ1) is 19.0. The van der Waals surface area contributed by atoms with Gasteiger partial charge in [0, 0.05) is 37.0 Å². The molecule has 1 heterocycles. The monoisotopic (exact) mass is 550 g/mol.